The SMILES string of the molecule is O=c1cc(C(F)(F)F)nc(Nc2cc(Cl)ccc2Cl)n1Cc1ccccc1. The summed E-state index contributed by atoms with van der Waals surface area (Å²) in [6.07, 6.45) is -4.76. The smallest absolute Gasteiger partial charge is 0.324 e. The van der Waals surface area contributed by atoms with Gasteiger partial charge in [-0.05, 0) is 23.8 Å². The second kappa shape index (κ2) is 7.62. The van der Waals surface area contributed by atoms with Crippen molar-refractivity contribution in [3.05, 3.63) is 86.3 Å². The Balaban J connectivity index is 2.11. The maximum absolute atomic E-state index is 13.1. The molecule has 0 unspecified atom stereocenters. The summed E-state index contributed by atoms with van der Waals surface area (Å²) in [7, 11) is 0. The zero-order chi connectivity index (χ0) is 19.6. The maximum atomic E-state index is 13.1. The average Bonchev–Trinajstić information content (AvgIpc) is 2.61. The minimum Gasteiger partial charge on any atom is -0.324 e. The Labute approximate surface area is 162 Å². The number of nitrogens with zero attached hydrogens (tertiary/aromatic N) is 2. The highest BCUT2D eigenvalue weighted by atomic mass is 35.5. The van der Waals surface area contributed by atoms with Crippen LogP contribution >= 0.6 is 23.2 Å². The molecule has 0 aliphatic carbocycles. The molecule has 0 saturated carbocycles. The molecule has 1 N–H and O–H groups in total. The highest BCUT2D eigenvalue weighted by Gasteiger charge is 2.34. The van der Waals surface area contributed by atoms with Crippen molar-refractivity contribution in [2.24, 2.45) is 0 Å². The first-order valence-corrected chi connectivity index (χ1v) is 8.45. The zero-order valence-corrected chi connectivity index (χ0v) is 15.1. The zero-order valence-electron chi connectivity index (χ0n) is 13.6. The Bertz CT molecular complexity index is 1020. The van der Waals surface area contributed by atoms with E-state index in [4.69, 9.17) is 23.2 Å². The van der Waals surface area contributed by atoms with Crippen molar-refractivity contribution < 1.29 is 13.2 Å². The Morgan fingerprint density at radius 3 is 2.41 bits per heavy atom. The lowest BCUT2D eigenvalue weighted by atomic mass is 10.2. The molecule has 0 fully saturated rings. The molecule has 1 aromatic heterocycles. The second-order valence-electron chi connectivity index (χ2n) is 5.62. The molecule has 0 bridgehead atoms. The average molecular weight is 414 g/mol. The van der Waals surface area contributed by atoms with Gasteiger partial charge in [0.1, 0.15) is 0 Å². The largest absolute Gasteiger partial charge is 0.433 e. The van der Waals surface area contributed by atoms with E-state index in [1.54, 1.807) is 30.3 Å². The molecule has 0 spiro atoms. The van der Waals surface area contributed by atoms with Gasteiger partial charge < -0.3 is 5.32 Å². The number of halogens is 5. The van der Waals surface area contributed by atoms with Crippen molar-refractivity contribution in [3.63, 3.8) is 0 Å². The van der Waals surface area contributed by atoms with E-state index >= 15 is 0 Å². The van der Waals surface area contributed by atoms with E-state index in [-0.39, 0.29) is 23.2 Å². The quantitative estimate of drug-likeness (QED) is 0.625. The predicted molar refractivity (Wildman–Crippen MR) is 98.8 cm³/mol. The summed E-state index contributed by atoms with van der Waals surface area (Å²) < 4.78 is 40.4. The van der Waals surface area contributed by atoms with Crippen LogP contribution in [0.25, 0.3) is 0 Å². The fraction of sp³-hybridized carbons (Fsp3) is 0.111. The summed E-state index contributed by atoms with van der Waals surface area (Å²) >= 11 is 12.0. The van der Waals surface area contributed by atoms with E-state index in [0.717, 1.165) is 10.1 Å². The van der Waals surface area contributed by atoms with Gasteiger partial charge in [0.05, 0.1) is 17.3 Å². The van der Waals surface area contributed by atoms with Crippen LogP contribution in [0.4, 0.5) is 24.8 Å². The Morgan fingerprint density at radius 1 is 1.04 bits per heavy atom. The van der Waals surface area contributed by atoms with Gasteiger partial charge in [0.2, 0.25) is 5.95 Å². The fourth-order valence-electron chi connectivity index (χ4n) is 2.38. The van der Waals surface area contributed by atoms with E-state index in [1.165, 1.54) is 18.2 Å². The molecular formula is C18H12Cl2F3N3O. The molecule has 1 heterocycles. The van der Waals surface area contributed by atoms with Crippen LogP contribution in [0.15, 0.2) is 59.4 Å². The van der Waals surface area contributed by atoms with Crippen LogP contribution in [0.1, 0.15) is 11.3 Å². The summed E-state index contributed by atoms with van der Waals surface area (Å²) in [5.74, 6) is -0.289. The molecule has 3 aromatic rings. The van der Waals surface area contributed by atoms with Crippen LogP contribution in [0.5, 0.6) is 0 Å². The standard InChI is InChI=1S/C18H12Cl2F3N3O/c19-12-6-7-13(20)14(8-12)24-17-25-15(18(21,22)23)9-16(27)26(17)10-11-4-2-1-3-5-11/h1-9H,10H2,(H,24,25). The Hall–Kier alpha value is -2.51. The third kappa shape index (κ3) is 4.61. The monoisotopic (exact) mass is 413 g/mol. The predicted octanol–water partition coefficient (Wildman–Crippen LogP) is 5.36. The van der Waals surface area contributed by atoms with Gasteiger partial charge in [0.15, 0.2) is 5.69 Å². The normalized spacial score (nSPS) is 11.4. The molecule has 0 amide bonds. The molecule has 0 atom stereocenters. The van der Waals surface area contributed by atoms with Gasteiger partial charge >= 0.3 is 6.18 Å². The number of nitrogens with one attached hydrogen (secondary N) is 1. The second-order valence-corrected chi connectivity index (χ2v) is 6.47. The van der Waals surface area contributed by atoms with Gasteiger partial charge in [-0.15, -0.1) is 0 Å². The third-order valence-electron chi connectivity index (χ3n) is 3.66. The molecule has 27 heavy (non-hydrogen) atoms. The fourth-order valence-corrected chi connectivity index (χ4v) is 2.72. The molecular weight excluding hydrogens is 402 g/mol. The summed E-state index contributed by atoms with van der Waals surface area (Å²) in [5.41, 5.74) is -1.18. The molecule has 0 saturated heterocycles. The molecule has 3 rings (SSSR count). The van der Waals surface area contributed by atoms with Crippen molar-refractivity contribution in [2.75, 3.05) is 5.32 Å². The number of benzene rings is 2. The van der Waals surface area contributed by atoms with Crippen LogP contribution in [0.2, 0.25) is 10.0 Å². The first-order valence-electron chi connectivity index (χ1n) is 7.69. The van der Waals surface area contributed by atoms with Gasteiger partial charge in [-0.3, -0.25) is 9.36 Å². The van der Waals surface area contributed by atoms with Crippen LogP contribution < -0.4 is 10.9 Å². The van der Waals surface area contributed by atoms with Crippen molar-refractivity contribution in [1.29, 1.82) is 0 Å². The highest BCUT2D eigenvalue weighted by molar-refractivity contribution is 6.35. The van der Waals surface area contributed by atoms with E-state index in [1.807, 2.05) is 0 Å². The van der Waals surface area contributed by atoms with E-state index in [0.29, 0.717) is 11.1 Å². The summed E-state index contributed by atoms with van der Waals surface area (Å²) in [6, 6.07) is 13.7. The van der Waals surface area contributed by atoms with Gasteiger partial charge in [0.25, 0.3) is 5.56 Å². The number of rotatable bonds is 4. The van der Waals surface area contributed by atoms with Gasteiger partial charge in [0, 0.05) is 11.1 Å². The molecule has 0 aliphatic rings. The lowest BCUT2D eigenvalue weighted by Gasteiger charge is -2.16. The third-order valence-corrected chi connectivity index (χ3v) is 4.22. The highest BCUT2D eigenvalue weighted by Crippen LogP contribution is 2.30. The number of aromatic nitrogens is 2. The van der Waals surface area contributed by atoms with Crippen molar-refractivity contribution in [2.45, 2.75) is 12.7 Å². The van der Waals surface area contributed by atoms with Crippen LogP contribution in [0, 0.1) is 0 Å². The number of anilines is 2. The van der Waals surface area contributed by atoms with Crippen LogP contribution in [-0.2, 0) is 12.7 Å². The number of hydrogen-bond acceptors (Lipinski definition) is 3. The summed E-state index contributed by atoms with van der Waals surface area (Å²) in [5, 5.41) is 3.24. The van der Waals surface area contributed by atoms with Crippen LogP contribution in [-0.4, -0.2) is 9.55 Å². The minimum atomic E-state index is -4.76. The maximum Gasteiger partial charge on any atom is 0.433 e. The van der Waals surface area contributed by atoms with Gasteiger partial charge in [-0.1, -0.05) is 53.5 Å². The van der Waals surface area contributed by atoms with Gasteiger partial charge in [-0.2, -0.15) is 13.2 Å². The lowest BCUT2D eigenvalue weighted by Crippen LogP contribution is -2.27. The Morgan fingerprint density at radius 2 is 1.74 bits per heavy atom. The molecule has 9 heteroatoms. The molecule has 0 radical (unpaired) electrons. The molecule has 2 aromatic carbocycles. The van der Waals surface area contributed by atoms with Crippen LogP contribution in [0.3, 0.4) is 0 Å². The number of alkyl halides is 3. The van der Waals surface area contributed by atoms with E-state index in [9.17, 15) is 18.0 Å². The summed E-state index contributed by atoms with van der Waals surface area (Å²) in [6.45, 7) is 0.0331. The topological polar surface area (TPSA) is 46.9 Å². The molecule has 0 aliphatic heterocycles. The van der Waals surface area contributed by atoms with E-state index < -0.39 is 17.4 Å². The number of hydrogen-bond donors (Lipinski definition) is 1. The first-order chi connectivity index (χ1) is 12.7. The summed E-state index contributed by atoms with van der Waals surface area (Å²) in [4.78, 5) is 16.0. The van der Waals surface area contributed by atoms with Crippen molar-refractivity contribution >= 4 is 34.8 Å². The molecule has 140 valence electrons. The van der Waals surface area contributed by atoms with E-state index in [2.05, 4.69) is 10.3 Å². The Kier molecular flexibility index (Phi) is 5.43. The minimum absolute atomic E-state index is 0.0331. The lowest BCUT2D eigenvalue weighted by molar-refractivity contribution is -0.141. The van der Waals surface area contributed by atoms with Gasteiger partial charge in [-0.25, -0.2) is 4.98 Å². The van der Waals surface area contributed by atoms with Crippen molar-refractivity contribution in [3.8, 4) is 0 Å². The first kappa shape index (κ1) is 19.3. The van der Waals surface area contributed by atoms with Crippen molar-refractivity contribution in [1.82, 2.24) is 9.55 Å². The molecule has 4 nitrogen and oxygen atoms in total.